The lowest BCUT2D eigenvalue weighted by Gasteiger charge is -2.24. The third-order valence-electron chi connectivity index (χ3n) is 1.15. The molecule has 52 valence electrons. The Morgan fingerprint density at radius 3 is 2.89 bits per heavy atom. The summed E-state index contributed by atoms with van der Waals surface area (Å²) in [4.78, 5) is 0. The molecule has 2 atom stereocenters. The Kier molecular flexibility index (Phi) is 1.59. The van der Waals surface area contributed by atoms with E-state index in [0.717, 1.165) is 0 Å². The van der Waals surface area contributed by atoms with E-state index in [-0.39, 0.29) is 6.04 Å². The van der Waals surface area contributed by atoms with Gasteiger partial charge in [-0.05, 0) is 13.0 Å². The molecular weight excluding hydrogens is 118 g/mol. The normalized spacial score (nSPS) is 35.1. The lowest BCUT2D eigenvalue weighted by molar-refractivity contribution is 0.0986. The highest BCUT2D eigenvalue weighted by Crippen LogP contribution is 1.94. The maximum atomic E-state index is 8.91. The molecule has 9 heavy (non-hydrogen) atoms. The number of nitrogens with one attached hydrogen (secondary N) is 2. The van der Waals surface area contributed by atoms with Gasteiger partial charge in [0.25, 0.3) is 0 Å². The summed E-state index contributed by atoms with van der Waals surface area (Å²) in [5.41, 5.74) is 5.37. The first kappa shape index (κ1) is 6.38. The average molecular weight is 129 g/mol. The fourth-order valence-electron chi connectivity index (χ4n) is 0.814. The van der Waals surface area contributed by atoms with Crippen molar-refractivity contribution < 1.29 is 5.11 Å². The zero-order chi connectivity index (χ0) is 6.85. The van der Waals surface area contributed by atoms with Gasteiger partial charge in [-0.3, -0.25) is 5.32 Å². The van der Waals surface area contributed by atoms with Gasteiger partial charge in [-0.2, -0.15) is 0 Å². The molecule has 0 radical (unpaired) electrons. The monoisotopic (exact) mass is 129 g/mol. The van der Waals surface area contributed by atoms with E-state index in [1.54, 1.807) is 6.08 Å². The first-order chi connectivity index (χ1) is 4.18. The van der Waals surface area contributed by atoms with Crippen LogP contribution in [0.25, 0.3) is 0 Å². The third-order valence-corrected chi connectivity index (χ3v) is 1.15. The van der Waals surface area contributed by atoms with Gasteiger partial charge in [-0.15, -0.1) is 0 Å². The first-order valence-corrected chi connectivity index (χ1v) is 2.86. The van der Waals surface area contributed by atoms with Crippen LogP contribution in [0.1, 0.15) is 6.92 Å². The largest absolute Gasteiger partial charge is 0.386 e. The molecule has 0 aromatic heterocycles. The van der Waals surface area contributed by atoms with Gasteiger partial charge < -0.3 is 16.2 Å². The maximum absolute atomic E-state index is 8.91. The molecule has 4 nitrogen and oxygen atoms in total. The number of aliphatic hydroxyl groups is 1. The van der Waals surface area contributed by atoms with E-state index in [2.05, 4.69) is 10.6 Å². The first-order valence-electron chi connectivity index (χ1n) is 2.86. The van der Waals surface area contributed by atoms with Gasteiger partial charge in [-0.1, -0.05) is 0 Å². The second-order valence-corrected chi connectivity index (χ2v) is 2.12. The summed E-state index contributed by atoms with van der Waals surface area (Å²) < 4.78 is 0. The van der Waals surface area contributed by atoms with E-state index in [4.69, 9.17) is 10.8 Å². The molecule has 0 spiro atoms. The summed E-state index contributed by atoms with van der Waals surface area (Å²) in [6, 6.07) is 0.140. The molecule has 1 aliphatic rings. The zero-order valence-corrected chi connectivity index (χ0v) is 5.26. The topological polar surface area (TPSA) is 70.3 Å². The number of hydrogen-bond acceptors (Lipinski definition) is 4. The Labute approximate surface area is 53.7 Å². The highest BCUT2D eigenvalue weighted by atomic mass is 16.3. The summed E-state index contributed by atoms with van der Waals surface area (Å²) in [6.07, 6.45) is 1.09. The Morgan fingerprint density at radius 2 is 2.44 bits per heavy atom. The second-order valence-electron chi connectivity index (χ2n) is 2.12. The molecule has 0 saturated carbocycles. The van der Waals surface area contributed by atoms with Crippen molar-refractivity contribution in [2.24, 2.45) is 5.73 Å². The van der Waals surface area contributed by atoms with Crippen LogP contribution in [0, 0.1) is 0 Å². The van der Waals surface area contributed by atoms with E-state index in [1.165, 1.54) is 0 Å². The summed E-state index contributed by atoms with van der Waals surface area (Å²) in [6.45, 7) is 1.91. The highest BCUT2D eigenvalue weighted by molar-refractivity contribution is 5.03. The molecule has 0 aromatic rings. The molecule has 4 heteroatoms. The number of rotatable bonds is 0. The lowest BCUT2D eigenvalue weighted by Crippen LogP contribution is -2.50. The Bertz CT molecular complexity index is 134. The minimum atomic E-state index is -0.704. The van der Waals surface area contributed by atoms with Crippen molar-refractivity contribution in [1.82, 2.24) is 10.6 Å². The Morgan fingerprint density at radius 1 is 1.78 bits per heavy atom. The third kappa shape index (κ3) is 1.58. The Hall–Kier alpha value is -0.740. The molecular formula is C5H11N3O. The quantitative estimate of drug-likeness (QED) is 0.326. The van der Waals surface area contributed by atoms with Gasteiger partial charge in [0.1, 0.15) is 0 Å². The summed E-state index contributed by atoms with van der Waals surface area (Å²) in [7, 11) is 0. The fourth-order valence-corrected chi connectivity index (χ4v) is 0.814. The molecule has 0 fully saturated rings. The molecule has 1 aliphatic heterocycles. The molecule has 2 unspecified atom stereocenters. The molecule has 0 aliphatic carbocycles. The van der Waals surface area contributed by atoms with Crippen molar-refractivity contribution in [3.63, 3.8) is 0 Å². The van der Waals surface area contributed by atoms with Crippen LogP contribution in [0.5, 0.6) is 0 Å². The van der Waals surface area contributed by atoms with Gasteiger partial charge >= 0.3 is 0 Å². The van der Waals surface area contributed by atoms with Crippen molar-refractivity contribution in [2.45, 2.75) is 19.3 Å². The van der Waals surface area contributed by atoms with E-state index >= 15 is 0 Å². The van der Waals surface area contributed by atoms with Crippen LogP contribution >= 0.6 is 0 Å². The minimum Gasteiger partial charge on any atom is -0.386 e. The molecule has 0 saturated heterocycles. The van der Waals surface area contributed by atoms with Gasteiger partial charge in [0.15, 0.2) is 6.35 Å². The van der Waals surface area contributed by atoms with Crippen molar-refractivity contribution in [1.29, 1.82) is 0 Å². The molecule has 1 heterocycles. The van der Waals surface area contributed by atoms with Crippen molar-refractivity contribution in [2.75, 3.05) is 0 Å². The molecule has 0 aromatic carbocycles. The average Bonchev–Trinajstić information content (AvgIpc) is 1.59. The standard InChI is InChI=1S/C5H11N3O/c1-3-2-4(6)8-5(9)7-3/h2-3,5,7-9H,6H2,1H3. The van der Waals surface area contributed by atoms with Gasteiger partial charge in [-0.25, -0.2) is 0 Å². The molecule has 0 amide bonds. The van der Waals surface area contributed by atoms with Crippen LogP contribution < -0.4 is 16.4 Å². The van der Waals surface area contributed by atoms with Gasteiger partial charge in [0, 0.05) is 6.04 Å². The maximum Gasteiger partial charge on any atom is 0.183 e. The smallest absolute Gasteiger partial charge is 0.183 e. The van der Waals surface area contributed by atoms with Crippen molar-refractivity contribution in [3.05, 3.63) is 11.9 Å². The molecule has 5 N–H and O–H groups in total. The predicted octanol–water partition coefficient (Wildman–Crippen LogP) is -1.36. The molecule has 1 rings (SSSR count). The van der Waals surface area contributed by atoms with E-state index in [1.807, 2.05) is 6.92 Å². The summed E-state index contributed by atoms with van der Waals surface area (Å²) in [5.74, 6) is 0.522. The van der Waals surface area contributed by atoms with E-state index < -0.39 is 6.35 Å². The van der Waals surface area contributed by atoms with Crippen LogP contribution in [-0.2, 0) is 0 Å². The minimum absolute atomic E-state index is 0.140. The predicted molar refractivity (Wildman–Crippen MR) is 34.0 cm³/mol. The summed E-state index contributed by atoms with van der Waals surface area (Å²) in [5, 5.41) is 14.3. The number of nitrogens with two attached hydrogens (primary N) is 1. The Balaban J connectivity index is 2.56. The van der Waals surface area contributed by atoms with Crippen LogP contribution in [-0.4, -0.2) is 17.5 Å². The van der Waals surface area contributed by atoms with E-state index in [9.17, 15) is 0 Å². The van der Waals surface area contributed by atoms with E-state index in [0.29, 0.717) is 5.82 Å². The van der Waals surface area contributed by atoms with Gasteiger partial charge in [0.05, 0.1) is 5.82 Å². The molecule has 0 bridgehead atoms. The lowest BCUT2D eigenvalue weighted by atomic mass is 10.3. The van der Waals surface area contributed by atoms with Crippen molar-refractivity contribution >= 4 is 0 Å². The van der Waals surface area contributed by atoms with Crippen LogP contribution in [0.15, 0.2) is 11.9 Å². The highest BCUT2D eigenvalue weighted by Gasteiger charge is 2.11. The second kappa shape index (κ2) is 2.24. The zero-order valence-electron chi connectivity index (χ0n) is 5.26. The van der Waals surface area contributed by atoms with Crippen molar-refractivity contribution in [3.8, 4) is 0 Å². The summed E-state index contributed by atoms with van der Waals surface area (Å²) >= 11 is 0. The number of hydrogen-bond donors (Lipinski definition) is 4. The van der Waals surface area contributed by atoms with Crippen LogP contribution in [0.4, 0.5) is 0 Å². The van der Waals surface area contributed by atoms with Crippen LogP contribution in [0.2, 0.25) is 0 Å². The fraction of sp³-hybridized carbons (Fsp3) is 0.600. The SMILES string of the molecule is CC1C=C(N)NC(O)N1. The van der Waals surface area contributed by atoms with Gasteiger partial charge in [0.2, 0.25) is 0 Å². The van der Waals surface area contributed by atoms with Crippen LogP contribution in [0.3, 0.4) is 0 Å². The number of aliphatic hydroxyl groups excluding tert-OH is 1.